The third-order valence-corrected chi connectivity index (χ3v) is 29.6. The van der Waals surface area contributed by atoms with Crippen LogP contribution in [0, 0.1) is 39.3 Å². The Balaban J connectivity index is 0.706. The molecule has 142 heavy (non-hydrogen) atoms. The minimum Gasteiger partial charge on any atom is -0.462 e. The average molecular weight is 1850 g/mol. The largest absolute Gasteiger partial charge is 0.462 e. The Morgan fingerprint density at radius 3 is 1.09 bits per heavy atom. The van der Waals surface area contributed by atoms with Gasteiger partial charge in [0, 0.05) is 40.5 Å². The molecule has 0 aliphatic heterocycles. The number of nitrogens with zero attached hydrogens (tertiary/aromatic N) is 2. The number of allylic oxidation sites excluding steroid dienone is 4. The van der Waals surface area contributed by atoms with E-state index in [9.17, 15) is 8.78 Å². The second-order valence-electron chi connectivity index (χ2n) is 38.5. The molecule has 4 nitrogen and oxygen atoms in total. The first-order chi connectivity index (χ1) is 69.6. The monoisotopic (exact) mass is 1850 g/mol. The summed E-state index contributed by atoms with van der Waals surface area (Å²) in [5.41, 5.74) is 41.9. The van der Waals surface area contributed by atoms with Gasteiger partial charge in [-0.15, -0.1) is 0 Å². The third-order valence-electron chi connectivity index (χ3n) is 29.6. The molecular weight excluding hydrogens is 1730 g/mol. The minimum absolute atomic E-state index is 0.266. The molecule has 0 N–H and O–H groups in total. The molecule has 0 fully saturated rings. The molecule has 0 aromatic heterocycles. The van der Waals surface area contributed by atoms with Crippen LogP contribution in [0.5, 0.6) is 17.2 Å². The van der Waals surface area contributed by atoms with Gasteiger partial charge >= 0.3 is 0 Å². The number of hydrogen-bond acceptors (Lipinski definition) is 4. The summed E-state index contributed by atoms with van der Waals surface area (Å²) in [5, 5.41) is 0. The van der Waals surface area contributed by atoms with Gasteiger partial charge in [0.1, 0.15) is 34.6 Å². The minimum atomic E-state index is -0.762. The topological polar surface area (TPSA) is 24.9 Å². The fraction of sp³-hybridized carbons (Fsp3) is 0.147. The first-order valence-corrected chi connectivity index (χ1v) is 50.5. The molecule has 0 radical (unpaired) electrons. The maximum Gasteiger partial charge on any atom is 0.127 e. The zero-order valence-electron chi connectivity index (χ0n) is 81.8. The van der Waals surface area contributed by atoms with Gasteiger partial charge in [-0.1, -0.05) is 367 Å². The van der Waals surface area contributed by atoms with E-state index >= 15 is 0 Å². The summed E-state index contributed by atoms with van der Waals surface area (Å²) in [7, 11) is 0. The molecule has 18 aromatic carbocycles. The zero-order valence-corrected chi connectivity index (χ0v) is 81.8. The predicted octanol–water partition coefficient (Wildman–Crippen LogP) is 37.8. The highest BCUT2D eigenvalue weighted by Crippen LogP contribution is 2.62. The lowest BCUT2D eigenvalue weighted by molar-refractivity contribution is 0.398. The molecule has 21 rings (SSSR count). The predicted molar refractivity (Wildman–Crippen MR) is 591 cm³/mol. The summed E-state index contributed by atoms with van der Waals surface area (Å²) >= 11 is 0. The van der Waals surface area contributed by atoms with E-state index in [1.54, 1.807) is 24.3 Å². The van der Waals surface area contributed by atoms with E-state index in [-0.39, 0.29) is 11.6 Å². The van der Waals surface area contributed by atoms with Gasteiger partial charge in [-0.05, 0) is 361 Å². The van der Waals surface area contributed by atoms with E-state index in [0.717, 1.165) is 183 Å². The van der Waals surface area contributed by atoms with Crippen LogP contribution in [-0.4, -0.2) is 0 Å². The standard InChI is InChI=1S/C136H116F2N2O2/c1-9-13-15-17-29-103-87-128(100-57-69-110(70-58-100)140(112-34-28-32-102(86-112)122-38-22-20-36-120(122)98-53-65-108(138)66-54-98)114-72-82-126-124-40-24-26-42-130(124)136(134(126)90-114,132-84-92(6)44-46-94(132)8)106-61-79-118(80-62-106)142-116-75-49-96(12-4)50-76-116)104(30-18-16-14-10-2)88-127(103)99-55-67-109(68-56-99)139(111-33-27-31-101(85-111)121-37-21-19-35-119(121)97-51-63-107(137)64-52-97)113-71-81-125-123-39-23-25-41-129(123)135(133(125)89-113,131-83-91(5)43-45-93(131)7)105-59-77-117(78-60-105)141-115-73-47-95(11-3)48-74-115/h11-12,19-28,31-61,63-79,81-90H,3-4,9-10,13-18,29-30,62,80H2,1-2,5-8H3. The number of fused-ring (bicyclic) bond motifs is 6. The van der Waals surface area contributed by atoms with Crippen LogP contribution < -0.4 is 19.3 Å². The third kappa shape index (κ3) is 17.9. The van der Waals surface area contributed by atoms with Crippen molar-refractivity contribution in [3.63, 3.8) is 0 Å². The van der Waals surface area contributed by atoms with Gasteiger partial charge < -0.3 is 19.3 Å². The molecule has 3 aliphatic carbocycles. The van der Waals surface area contributed by atoms with E-state index in [1.807, 2.05) is 72.8 Å². The van der Waals surface area contributed by atoms with Gasteiger partial charge in [0.15, 0.2) is 0 Å². The maximum atomic E-state index is 14.8. The Hall–Kier alpha value is -16.0. The van der Waals surface area contributed by atoms with Crippen LogP contribution in [0.4, 0.5) is 42.9 Å². The number of aryl methyl sites for hydroxylation is 6. The average Bonchev–Trinajstić information content (AvgIpc) is 1.53. The molecule has 6 heteroatoms. The van der Waals surface area contributed by atoms with Crippen molar-refractivity contribution in [2.45, 2.75) is 129 Å². The van der Waals surface area contributed by atoms with E-state index in [2.05, 4.69) is 392 Å². The van der Waals surface area contributed by atoms with Crippen LogP contribution in [0.25, 0.3) is 101 Å². The van der Waals surface area contributed by atoms with Gasteiger partial charge in [-0.3, -0.25) is 0 Å². The first-order valence-electron chi connectivity index (χ1n) is 50.5. The van der Waals surface area contributed by atoms with Crippen molar-refractivity contribution in [3.05, 3.63) is 532 Å². The summed E-state index contributed by atoms with van der Waals surface area (Å²) in [6.45, 7) is 21.6. The molecule has 696 valence electrons. The zero-order chi connectivity index (χ0) is 97.0. The van der Waals surface area contributed by atoms with Crippen LogP contribution in [0.2, 0.25) is 0 Å². The van der Waals surface area contributed by atoms with Gasteiger partial charge in [0.2, 0.25) is 0 Å². The van der Waals surface area contributed by atoms with Crippen molar-refractivity contribution in [1.29, 1.82) is 0 Å². The Bertz CT molecular complexity index is 7820. The number of hydrogen-bond donors (Lipinski definition) is 0. The fourth-order valence-electron chi connectivity index (χ4n) is 22.5. The van der Waals surface area contributed by atoms with E-state index in [4.69, 9.17) is 9.47 Å². The van der Waals surface area contributed by atoms with Crippen LogP contribution >= 0.6 is 0 Å². The van der Waals surface area contributed by atoms with Crippen molar-refractivity contribution in [2.75, 3.05) is 9.80 Å². The number of benzene rings is 18. The molecule has 3 aliphatic rings. The lowest BCUT2D eigenvalue weighted by Gasteiger charge is -2.39. The summed E-state index contributed by atoms with van der Waals surface area (Å²) in [6.07, 6.45) is 20.6. The van der Waals surface area contributed by atoms with Crippen molar-refractivity contribution in [2.24, 2.45) is 0 Å². The first kappa shape index (κ1) is 92.3. The molecule has 0 bridgehead atoms. The molecule has 18 aromatic rings. The van der Waals surface area contributed by atoms with Gasteiger partial charge in [-0.2, -0.15) is 0 Å². The Kier molecular flexibility index (Phi) is 26.3. The van der Waals surface area contributed by atoms with E-state index in [1.165, 1.54) is 130 Å². The SMILES string of the molecule is C=Cc1ccc(OC2=CC=C(C3(c4cc(C)ccc4C)c4ccccc4-c4ccc(N(c5ccc(-c6cc(CCCCCC)c(-c7ccc(N(c8cccc(-c9ccccc9-c9ccc(F)cc9)c8)c8ccc9c(c8)C(c8ccc(Oc%10ccc(C=C)cc%10)cc8)(c8cc(C)ccc8C)c8ccccc8-9)cc7)cc6CCCCCC)cc5)c5cccc(-c6ccccc6-c6ccc(F)cc6)c5)cc43)CC2)cc1. The fourth-order valence-corrected chi connectivity index (χ4v) is 22.5. The number of unbranched alkanes of at least 4 members (excludes halogenated alkanes) is 6. The summed E-state index contributed by atoms with van der Waals surface area (Å²) < 4.78 is 42.9. The second-order valence-corrected chi connectivity index (χ2v) is 38.5. The van der Waals surface area contributed by atoms with E-state index in [0.29, 0.717) is 0 Å². The number of ether oxygens (including phenoxy) is 2. The van der Waals surface area contributed by atoms with Crippen LogP contribution in [0.15, 0.2) is 437 Å². The summed E-state index contributed by atoms with van der Waals surface area (Å²) in [4.78, 5) is 4.93. The van der Waals surface area contributed by atoms with E-state index < -0.39 is 10.8 Å². The molecule has 0 saturated heterocycles. The summed E-state index contributed by atoms with van der Waals surface area (Å²) in [5.74, 6) is 2.70. The smallest absolute Gasteiger partial charge is 0.127 e. The molecule has 0 spiro atoms. The van der Waals surface area contributed by atoms with Crippen molar-refractivity contribution in [1.82, 2.24) is 0 Å². The quantitative estimate of drug-likeness (QED) is 0.0392. The maximum absolute atomic E-state index is 14.8. The summed E-state index contributed by atoms with van der Waals surface area (Å²) in [6, 6.07) is 144. The van der Waals surface area contributed by atoms with Crippen molar-refractivity contribution < 1.29 is 18.3 Å². The van der Waals surface area contributed by atoms with Gasteiger partial charge in [-0.25, -0.2) is 8.78 Å². The highest BCUT2D eigenvalue weighted by molar-refractivity contribution is 5.96. The Labute approximate surface area is 836 Å². The van der Waals surface area contributed by atoms with Gasteiger partial charge in [0.25, 0.3) is 0 Å². The number of rotatable bonds is 32. The number of halogens is 2. The Morgan fingerprint density at radius 2 is 0.655 bits per heavy atom. The van der Waals surface area contributed by atoms with Crippen LogP contribution in [0.3, 0.4) is 0 Å². The molecular formula is C136H116F2N2O2. The van der Waals surface area contributed by atoms with Crippen LogP contribution in [-0.2, 0) is 23.7 Å². The lowest BCUT2D eigenvalue weighted by Crippen LogP contribution is -2.32. The lowest BCUT2D eigenvalue weighted by atomic mass is 9.64. The number of anilines is 6. The van der Waals surface area contributed by atoms with Crippen LogP contribution in [0.1, 0.15) is 162 Å². The molecule has 2 atom stereocenters. The van der Waals surface area contributed by atoms with Crippen molar-refractivity contribution >= 4 is 46.3 Å². The Morgan fingerprint density at radius 1 is 0.282 bits per heavy atom. The molecule has 0 heterocycles. The highest BCUT2D eigenvalue weighted by atomic mass is 19.1. The molecule has 0 saturated carbocycles. The molecule has 2 unspecified atom stereocenters. The highest BCUT2D eigenvalue weighted by Gasteiger charge is 2.50. The normalized spacial score (nSPS) is 14.3. The van der Waals surface area contributed by atoms with Crippen molar-refractivity contribution in [3.8, 4) is 106 Å². The van der Waals surface area contributed by atoms with Gasteiger partial charge in [0.05, 0.1) is 10.8 Å². The molecule has 0 amide bonds. The second kappa shape index (κ2) is 40.4.